The number of nitrogens with zero attached hydrogens (tertiary/aromatic N) is 4. The van der Waals surface area contributed by atoms with E-state index >= 15 is 0 Å². The SMILES string of the molecule is O=C(OCc1csc(Br)c1)N1CCC2(CC1)CN(C(=O)c1ccc3n[nH]nc3c1)C2. The van der Waals surface area contributed by atoms with Crippen LogP contribution in [0.5, 0.6) is 0 Å². The van der Waals surface area contributed by atoms with E-state index in [2.05, 4.69) is 31.3 Å². The normalized spacial score (nSPS) is 17.9. The van der Waals surface area contributed by atoms with Crippen molar-refractivity contribution in [3.05, 3.63) is 44.6 Å². The number of benzene rings is 1. The highest BCUT2D eigenvalue weighted by molar-refractivity contribution is 9.11. The molecule has 3 aromatic rings. The van der Waals surface area contributed by atoms with Gasteiger partial charge in [0, 0.05) is 42.7 Å². The summed E-state index contributed by atoms with van der Waals surface area (Å²) in [5.74, 6) is 0.0225. The van der Waals surface area contributed by atoms with E-state index in [-0.39, 0.29) is 17.4 Å². The van der Waals surface area contributed by atoms with Gasteiger partial charge in [0.25, 0.3) is 5.91 Å². The molecular weight excluding hydrogens is 470 g/mol. The predicted molar refractivity (Wildman–Crippen MR) is 115 cm³/mol. The van der Waals surface area contributed by atoms with Crippen molar-refractivity contribution in [3.8, 4) is 0 Å². The molecule has 2 aliphatic heterocycles. The fraction of sp³-hybridized carbons (Fsp3) is 0.400. The number of piperidine rings is 1. The molecule has 0 radical (unpaired) electrons. The van der Waals surface area contributed by atoms with Crippen LogP contribution in [0.1, 0.15) is 28.8 Å². The summed E-state index contributed by atoms with van der Waals surface area (Å²) in [5.41, 5.74) is 3.18. The van der Waals surface area contributed by atoms with Gasteiger partial charge in [-0.1, -0.05) is 0 Å². The number of likely N-dealkylation sites (tertiary alicyclic amines) is 2. The quantitative estimate of drug-likeness (QED) is 0.605. The molecule has 1 aromatic carbocycles. The summed E-state index contributed by atoms with van der Waals surface area (Å²) in [6.07, 6.45) is 1.51. The maximum absolute atomic E-state index is 12.8. The molecule has 2 amide bonds. The molecule has 2 aliphatic rings. The molecule has 0 unspecified atom stereocenters. The lowest BCUT2D eigenvalue weighted by molar-refractivity contribution is -0.0319. The summed E-state index contributed by atoms with van der Waals surface area (Å²) in [6.45, 7) is 3.09. The summed E-state index contributed by atoms with van der Waals surface area (Å²) in [6, 6.07) is 7.34. The predicted octanol–water partition coefficient (Wildman–Crippen LogP) is 3.66. The number of fused-ring (bicyclic) bond motifs is 1. The van der Waals surface area contributed by atoms with E-state index in [1.54, 1.807) is 34.4 Å². The van der Waals surface area contributed by atoms with Gasteiger partial charge in [-0.2, -0.15) is 15.4 Å². The number of halogens is 1. The first kappa shape index (κ1) is 19.5. The Hall–Kier alpha value is -2.46. The fourth-order valence-corrected chi connectivity index (χ4v) is 5.39. The molecule has 0 saturated carbocycles. The molecule has 2 fully saturated rings. The molecule has 1 spiro atoms. The monoisotopic (exact) mass is 489 g/mol. The number of ether oxygens (including phenoxy) is 1. The van der Waals surface area contributed by atoms with E-state index in [0.717, 1.165) is 40.8 Å². The Balaban J connectivity index is 1.12. The number of carbonyl (C=O) groups excluding carboxylic acids is 2. The highest BCUT2D eigenvalue weighted by Crippen LogP contribution is 2.41. The average molecular weight is 490 g/mol. The van der Waals surface area contributed by atoms with Crippen molar-refractivity contribution in [2.45, 2.75) is 19.4 Å². The number of hydrogen-bond donors (Lipinski definition) is 1. The molecule has 30 heavy (non-hydrogen) atoms. The lowest BCUT2D eigenvalue weighted by atomic mass is 9.72. The Morgan fingerprint density at radius 1 is 1.13 bits per heavy atom. The van der Waals surface area contributed by atoms with E-state index in [1.165, 1.54) is 0 Å². The number of hydrogen-bond acceptors (Lipinski definition) is 6. The van der Waals surface area contributed by atoms with Gasteiger partial charge in [0.05, 0.1) is 3.79 Å². The Morgan fingerprint density at radius 3 is 2.63 bits per heavy atom. The molecule has 5 rings (SSSR count). The lowest BCUT2D eigenvalue weighted by Crippen LogP contribution is -2.62. The summed E-state index contributed by atoms with van der Waals surface area (Å²) in [4.78, 5) is 28.8. The maximum Gasteiger partial charge on any atom is 0.410 e. The maximum atomic E-state index is 12.8. The van der Waals surface area contributed by atoms with Crippen LogP contribution in [0.15, 0.2) is 33.4 Å². The van der Waals surface area contributed by atoms with E-state index in [1.807, 2.05) is 16.3 Å². The zero-order valence-corrected chi connectivity index (χ0v) is 18.5. The van der Waals surface area contributed by atoms with Crippen molar-refractivity contribution in [2.75, 3.05) is 26.2 Å². The number of amides is 2. The van der Waals surface area contributed by atoms with Crippen LogP contribution in [0.4, 0.5) is 4.79 Å². The standard InChI is InChI=1S/C20H20BrN5O3S/c21-17-7-13(10-30-17)9-29-19(28)25-5-3-20(4-6-25)11-26(12-20)18(27)14-1-2-15-16(8-14)23-24-22-15/h1-2,7-8,10H,3-6,9,11-12H2,(H,22,23,24). The van der Waals surface area contributed by atoms with E-state index in [0.29, 0.717) is 30.8 Å². The van der Waals surface area contributed by atoms with Gasteiger partial charge in [-0.15, -0.1) is 11.3 Å². The minimum absolute atomic E-state index is 0.0225. The highest BCUT2D eigenvalue weighted by Gasteiger charge is 2.47. The Morgan fingerprint density at radius 2 is 1.90 bits per heavy atom. The van der Waals surface area contributed by atoms with E-state index < -0.39 is 0 Å². The molecule has 2 saturated heterocycles. The second kappa shape index (κ2) is 7.66. The van der Waals surface area contributed by atoms with Crippen LogP contribution < -0.4 is 0 Å². The fourth-order valence-electron chi connectivity index (χ4n) is 4.20. The molecule has 0 atom stereocenters. The highest BCUT2D eigenvalue weighted by atomic mass is 79.9. The summed E-state index contributed by atoms with van der Waals surface area (Å²) >= 11 is 4.99. The van der Waals surface area contributed by atoms with Gasteiger partial charge in [0.15, 0.2) is 0 Å². The van der Waals surface area contributed by atoms with Gasteiger partial charge in [0.1, 0.15) is 17.6 Å². The second-order valence-corrected chi connectivity index (χ2v) is 10.3. The number of rotatable bonds is 3. The number of aromatic amines is 1. The first-order chi connectivity index (χ1) is 14.5. The average Bonchev–Trinajstić information content (AvgIpc) is 3.37. The number of nitrogens with one attached hydrogen (secondary N) is 1. The number of thiophene rings is 1. The van der Waals surface area contributed by atoms with Crippen LogP contribution in [-0.4, -0.2) is 63.4 Å². The third kappa shape index (κ3) is 3.69. The third-order valence-corrected chi connectivity index (χ3v) is 7.52. The van der Waals surface area contributed by atoms with Crippen LogP contribution in [0.25, 0.3) is 11.0 Å². The first-order valence-electron chi connectivity index (χ1n) is 9.76. The van der Waals surface area contributed by atoms with Crippen molar-refractivity contribution >= 4 is 50.3 Å². The van der Waals surface area contributed by atoms with Gasteiger partial charge in [0.2, 0.25) is 0 Å². The zero-order valence-electron chi connectivity index (χ0n) is 16.1. The minimum Gasteiger partial charge on any atom is -0.445 e. The van der Waals surface area contributed by atoms with Crippen molar-refractivity contribution in [3.63, 3.8) is 0 Å². The third-order valence-electron chi connectivity index (χ3n) is 5.97. The van der Waals surface area contributed by atoms with Crippen LogP contribution >= 0.6 is 27.3 Å². The molecule has 0 bridgehead atoms. The van der Waals surface area contributed by atoms with Gasteiger partial charge >= 0.3 is 6.09 Å². The second-order valence-electron chi connectivity index (χ2n) is 7.99. The molecular formula is C20H20BrN5O3S. The van der Waals surface area contributed by atoms with Crippen molar-refractivity contribution in [2.24, 2.45) is 5.41 Å². The molecule has 2 aromatic heterocycles. The molecule has 10 heteroatoms. The summed E-state index contributed by atoms with van der Waals surface area (Å²) in [5, 5.41) is 12.6. The largest absolute Gasteiger partial charge is 0.445 e. The Bertz CT molecular complexity index is 1100. The molecule has 8 nitrogen and oxygen atoms in total. The summed E-state index contributed by atoms with van der Waals surface area (Å²) in [7, 11) is 0. The van der Waals surface area contributed by atoms with Crippen molar-refractivity contribution in [1.29, 1.82) is 0 Å². The van der Waals surface area contributed by atoms with Crippen LogP contribution in [0, 0.1) is 5.41 Å². The zero-order chi connectivity index (χ0) is 20.7. The molecule has 156 valence electrons. The molecule has 4 heterocycles. The van der Waals surface area contributed by atoms with Gasteiger partial charge in [-0.3, -0.25) is 4.79 Å². The molecule has 0 aliphatic carbocycles. The van der Waals surface area contributed by atoms with E-state index in [9.17, 15) is 9.59 Å². The van der Waals surface area contributed by atoms with Crippen molar-refractivity contribution < 1.29 is 14.3 Å². The summed E-state index contributed by atoms with van der Waals surface area (Å²) < 4.78 is 6.47. The minimum atomic E-state index is -0.264. The topological polar surface area (TPSA) is 91.4 Å². The van der Waals surface area contributed by atoms with Gasteiger partial charge in [-0.05, 0) is 58.4 Å². The number of carbonyl (C=O) groups is 2. The van der Waals surface area contributed by atoms with Crippen LogP contribution in [0.3, 0.4) is 0 Å². The van der Waals surface area contributed by atoms with Gasteiger partial charge < -0.3 is 14.5 Å². The van der Waals surface area contributed by atoms with E-state index in [4.69, 9.17) is 4.74 Å². The molecule has 1 N–H and O–H groups in total. The number of aromatic nitrogens is 3. The Labute approximate surface area is 185 Å². The first-order valence-corrected chi connectivity index (χ1v) is 11.4. The number of H-pyrrole nitrogens is 1. The van der Waals surface area contributed by atoms with Crippen LogP contribution in [-0.2, 0) is 11.3 Å². The van der Waals surface area contributed by atoms with Crippen LogP contribution in [0.2, 0.25) is 0 Å². The smallest absolute Gasteiger partial charge is 0.410 e. The van der Waals surface area contributed by atoms with Crippen molar-refractivity contribution in [1.82, 2.24) is 25.2 Å². The Kier molecular flexibility index (Phi) is 4.98. The van der Waals surface area contributed by atoms with Gasteiger partial charge in [-0.25, -0.2) is 4.79 Å². The lowest BCUT2D eigenvalue weighted by Gasteiger charge is -2.53.